The lowest BCUT2D eigenvalue weighted by Gasteiger charge is -2.13. The zero-order chi connectivity index (χ0) is 12.4. The van der Waals surface area contributed by atoms with E-state index in [1.54, 1.807) is 6.07 Å². The second kappa shape index (κ2) is 4.84. The third-order valence-electron chi connectivity index (χ3n) is 3.31. The Kier molecular flexibility index (Phi) is 3.43. The van der Waals surface area contributed by atoms with Gasteiger partial charge in [0.1, 0.15) is 11.9 Å². The van der Waals surface area contributed by atoms with Gasteiger partial charge in [-0.1, -0.05) is 6.07 Å². The second-order valence-electron chi connectivity index (χ2n) is 4.61. The zero-order valence-electron chi connectivity index (χ0n) is 9.74. The molecule has 3 nitrogen and oxygen atoms in total. The van der Waals surface area contributed by atoms with Crippen molar-refractivity contribution in [1.29, 1.82) is 0 Å². The summed E-state index contributed by atoms with van der Waals surface area (Å²) < 4.78 is 12.9. The fourth-order valence-corrected chi connectivity index (χ4v) is 2.33. The number of rotatable bonds is 3. The van der Waals surface area contributed by atoms with Crippen molar-refractivity contribution in [3.8, 4) is 0 Å². The highest BCUT2D eigenvalue weighted by Crippen LogP contribution is 2.19. The molecule has 1 aliphatic rings. The van der Waals surface area contributed by atoms with Crippen molar-refractivity contribution in [3.05, 3.63) is 35.1 Å². The van der Waals surface area contributed by atoms with Gasteiger partial charge >= 0.3 is 5.97 Å². The van der Waals surface area contributed by atoms with Crippen LogP contribution in [0.2, 0.25) is 0 Å². The van der Waals surface area contributed by atoms with Gasteiger partial charge in [-0.25, -0.2) is 4.39 Å². The molecule has 0 aliphatic carbocycles. The lowest BCUT2D eigenvalue weighted by Crippen LogP contribution is -2.36. The van der Waals surface area contributed by atoms with Crippen molar-refractivity contribution in [2.75, 3.05) is 0 Å². The van der Waals surface area contributed by atoms with Crippen LogP contribution >= 0.6 is 0 Å². The van der Waals surface area contributed by atoms with Crippen LogP contribution in [0.15, 0.2) is 18.2 Å². The summed E-state index contributed by atoms with van der Waals surface area (Å²) in [6.07, 6.45) is 2.28. The van der Waals surface area contributed by atoms with Crippen molar-refractivity contribution in [3.63, 3.8) is 0 Å². The number of halogens is 1. The van der Waals surface area contributed by atoms with E-state index in [2.05, 4.69) is 5.32 Å². The molecule has 0 bridgehead atoms. The van der Waals surface area contributed by atoms with Gasteiger partial charge in [0.2, 0.25) is 0 Å². The molecule has 2 atom stereocenters. The monoisotopic (exact) mass is 237 g/mol. The van der Waals surface area contributed by atoms with Gasteiger partial charge < -0.3 is 10.4 Å². The average molecular weight is 237 g/mol. The van der Waals surface area contributed by atoms with Crippen LogP contribution in [0.1, 0.15) is 24.0 Å². The van der Waals surface area contributed by atoms with Crippen molar-refractivity contribution in [2.45, 2.75) is 38.3 Å². The number of aliphatic carboxylic acids is 1. The van der Waals surface area contributed by atoms with Crippen LogP contribution in [0, 0.1) is 12.7 Å². The molecular weight excluding hydrogens is 221 g/mol. The highest BCUT2D eigenvalue weighted by Gasteiger charge is 2.28. The topological polar surface area (TPSA) is 49.3 Å². The van der Waals surface area contributed by atoms with Crippen LogP contribution in [-0.2, 0) is 11.2 Å². The van der Waals surface area contributed by atoms with E-state index in [0.717, 1.165) is 24.0 Å². The molecule has 0 spiro atoms. The molecule has 4 heteroatoms. The molecule has 2 unspecified atom stereocenters. The van der Waals surface area contributed by atoms with Crippen molar-refractivity contribution in [2.24, 2.45) is 0 Å². The molecule has 0 aromatic heterocycles. The fraction of sp³-hybridized carbons (Fsp3) is 0.462. The quantitative estimate of drug-likeness (QED) is 0.844. The van der Waals surface area contributed by atoms with E-state index in [1.807, 2.05) is 6.92 Å². The van der Waals surface area contributed by atoms with Gasteiger partial charge in [-0.15, -0.1) is 0 Å². The molecule has 1 saturated heterocycles. The van der Waals surface area contributed by atoms with Gasteiger partial charge in [-0.2, -0.15) is 0 Å². The minimum atomic E-state index is -0.789. The van der Waals surface area contributed by atoms with E-state index >= 15 is 0 Å². The smallest absolute Gasteiger partial charge is 0.320 e. The van der Waals surface area contributed by atoms with Gasteiger partial charge in [-0.05, 0) is 49.4 Å². The van der Waals surface area contributed by atoms with Gasteiger partial charge in [0, 0.05) is 6.04 Å². The SMILES string of the molecule is Cc1cc(F)ccc1CC1CCC(C(=O)O)N1. The first-order valence-corrected chi connectivity index (χ1v) is 5.80. The number of benzene rings is 1. The maximum Gasteiger partial charge on any atom is 0.320 e. The maximum atomic E-state index is 12.9. The van der Waals surface area contributed by atoms with Crippen LogP contribution in [0.4, 0.5) is 4.39 Å². The van der Waals surface area contributed by atoms with Crippen LogP contribution in [-0.4, -0.2) is 23.2 Å². The minimum Gasteiger partial charge on any atom is -0.480 e. The van der Waals surface area contributed by atoms with E-state index in [9.17, 15) is 9.18 Å². The van der Waals surface area contributed by atoms with Crippen LogP contribution < -0.4 is 5.32 Å². The van der Waals surface area contributed by atoms with E-state index < -0.39 is 12.0 Å². The minimum absolute atomic E-state index is 0.181. The van der Waals surface area contributed by atoms with E-state index in [0.29, 0.717) is 6.42 Å². The Labute approximate surface area is 99.7 Å². The first-order chi connectivity index (χ1) is 8.06. The number of carboxylic acid groups (broad SMARTS) is 1. The van der Waals surface area contributed by atoms with Gasteiger partial charge in [0.05, 0.1) is 0 Å². The van der Waals surface area contributed by atoms with Gasteiger partial charge in [0.25, 0.3) is 0 Å². The summed E-state index contributed by atoms with van der Waals surface area (Å²) in [5, 5.41) is 12.0. The molecule has 17 heavy (non-hydrogen) atoms. The predicted octanol–water partition coefficient (Wildman–Crippen LogP) is 1.88. The molecule has 0 radical (unpaired) electrons. The van der Waals surface area contributed by atoms with Crippen molar-refractivity contribution < 1.29 is 14.3 Å². The maximum absolute atomic E-state index is 12.9. The highest BCUT2D eigenvalue weighted by atomic mass is 19.1. The molecule has 1 aromatic carbocycles. The summed E-state index contributed by atoms with van der Waals surface area (Å²) in [6, 6.07) is 4.49. The molecule has 92 valence electrons. The van der Waals surface area contributed by atoms with Gasteiger partial charge in [-0.3, -0.25) is 4.79 Å². The Morgan fingerprint density at radius 2 is 2.29 bits per heavy atom. The van der Waals surface area contributed by atoms with Gasteiger partial charge in [0.15, 0.2) is 0 Å². The number of carboxylic acids is 1. The predicted molar refractivity (Wildman–Crippen MR) is 62.4 cm³/mol. The number of aryl methyl sites for hydroxylation is 1. The molecule has 0 amide bonds. The Morgan fingerprint density at radius 3 is 2.88 bits per heavy atom. The summed E-state index contributed by atoms with van der Waals surface area (Å²) in [5.41, 5.74) is 2.00. The van der Waals surface area contributed by atoms with Crippen molar-refractivity contribution in [1.82, 2.24) is 5.32 Å². The summed E-state index contributed by atoms with van der Waals surface area (Å²) in [6.45, 7) is 1.88. The molecular formula is C13H16FNO2. The Bertz CT molecular complexity index is 433. The zero-order valence-corrected chi connectivity index (χ0v) is 9.74. The molecule has 0 saturated carbocycles. The van der Waals surface area contributed by atoms with Crippen molar-refractivity contribution >= 4 is 5.97 Å². The largest absolute Gasteiger partial charge is 0.480 e. The lowest BCUT2D eigenvalue weighted by molar-refractivity contribution is -0.139. The molecule has 2 N–H and O–H groups in total. The Balaban J connectivity index is 2.00. The third-order valence-corrected chi connectivity index (χ3v) is 3.31. The molecule has 1 fully saturated rings. The van der Waals surface area contributed by atoms with Crippen LogP contribution in [0.25, 0.3) is 0 Å². The summed E-state index contributed by atoms with van der Waals surface area (Å²) >= 11 is 0. The highest BCUT2D eigenvalue weighted by molar-refractivity contribution is 5.73. The van der Waals surface area contributed by atoms with Crippen LogP contribution in [0.3, 0.4) is 0 Å². The fourth-order valence-electron chi connectivity index (χ4n) is 2.33. The number of hydrogen-bond acceptors (Lipinski definition) is 2. The normalized spacial score (nSPS) is 23.9. The first-order valence-electron chi connectivity index (χ1n) is 5.80. The molecule has 1 aromatic rings. The third kappa shape index (κ3) is 2.82. The Hall–Kier alpha value is -1.42. The van der Waals surface area contributed by atoms with E-state index in [4.69, 9.17) is 5.11 Å². The lowest BCUT2D eigenvalue weighted by atomic mass is 10.00. The van der Waals surface area contributed by atoms with Crippen LogP contribution in [0.5, 0.6) is 0 Å². The summed E-state index contributed by atoms with van der Waals surface area (Å²) in [4.78, 5) is 10.8. The first kappa shape index (κ1) is 12.0. The molecule has 1 heterocycles. The number of carbonyl (C=O) groups is 1. The summed E-state index contributed by atoms with van der Waals surface area (Å²) in [5.74, 6) is -1.02. The second-order valence-corrected chi connectivity index (χ2v) is 4.61. The molecule has 2 rings (SSSR count). The molecule has 1 aliphatic heterocycles. The Morgan fingerprint density at radius 1 is 1.53 bits per heavy atom. The van der Waals surface area contributed by atoms with E-state index in [-0.39, 0.29) is 11.9 Å². The summed E-state index contributed by atoms with van der Waals surface area (Å²) in [7, 11) is 0. The average Bonchev–Trinajstić information content (AvgIpc) is 2.71. The number of hydrogen-bond donors (Lipinski definition) is 2. The van der Waals surface area contributed by atoms with E-state index in [1.165, 1.54) is 12.1 Å². The number of nitrogens with one attached hydrogen (secondary N) is 1. The standard InChI is InChI=1S/C13H16FNO2/c1-8-6-10(14)3-2-9(8)7-11-4-5-12(15-11)13(16)17/h2-3,6,11-12,15H,4-5,7H2,1H3,(H,16,17).